The highest BCUT2D eigenvalue weighted by Crippen LogP contribution is 2.27. The molecule has 0 aromatic carbocycles. The Labute approximate surface area is 95.9 Å². The minimum atomic E-state index is -0.0594. The molecule has 0 spiro atoms. The SMILES string of the molecule is C[C](O)CCC1=C(C)C(=O)C(C)=C(C)C1=O. The molecule has 0 aromatic heterocycles. The molecule has 3 heteroatoms. The molecule has 0 bridgehead atoms. The van der Waals surface area contributed by atoms with E-state index in [1.54, 1.807) is 27.7 Å². The molecule has 1 rings (SSSR count). The maximum absolute atomic E-state index is 11.9. The van der Waals surface area contributed by atoms with Crippen LogP contribution in [0.1, 0.15) is 40.5 Å². The predicted molar refractivity (Wildman–Crippen MR) is 61.2 cm³/mol. The van der Waals surface area contributed by atoms with Crippen molar-refractivity contribution in [3.05, 3.63) is 28.4 Å². The predicted octanol–water partition coefficient (Wildman–Crippen LogP) is 2.50. The van der Waals surface area contributed by atoms with Crippen LogP contribution in [0.3, 0.4) is 0 Å². The van der Waals surface area contributed by atoms with Crippen molar-refractivity contribution in [1.29, 1.82) is 0 Å². The molecule has 0 aliphatic heterocycles. The van der Waals surface area contributed by atoms with Crippen LogP contribution in [-0.4, -0.2) is 16.7 Å². The average molecular weight is 221 g/mol. The van der Waals surface area contributed by atoms with Crippen molar-refractivity contribution in [3.8, 4) is 0 Å². The Morgan fingerprint density at radius 1 is 1.00 bits per heavy atom. The topological polar surface area (TPSA) is 54.4 Å². The molecule has 0 atom stereocenters. The molecule has 3 nitrogen and oxygen atoms in total. The summed E-state index contributed by atoms with van der Waals surface area (Å²) in [5.74, 6) is -0.112. The van der Waals surface area contributed by atoms with E-state index in [4.69, 9.17) is 5.11 Å². The van der Waals surface area contributed by atoms with Crippen LogP contribution in [0, 0.1) is 6.10 Å². The largest absolute Gasteiger partial charge is 0.387 e. The third kappa shape index (κ3) is 2.30. The van der Waals surface area contributed by atoms with E-state index < -0.39 is 0 Å². The van der Waals surface area contributed by atoms with Crippen LogP contribution in [-0.2, 0) is 9.59 Å². The van der Waals surface area contributed by atoms with Gasteiger partial charge in [-0.1, -0.05) is 0 Å². The normalized spacial score (nSPS) is 17.9. The number of allylic oxidation sites excluding steroid dienone is 4. The second kappa shape index (κ2) is 4.74. The number of hydrogen-bond donors (Lipinski definition) is 1. The van der Waals surface area contributed by atoms with E-state index >= 15 is 0 Å². The van der Waals surface area contributed by atoms with Crippen molar-refractivity contribution < 1.29 is 14.7 Å². The fourth-order valence-electron chi connectivity index (χ4n) is 1.76. The molecular formula is C13H17O3. The Kier molecular flexibility index (Phi) is 3.81. The van der Waals surface area contributed by atoms with Crippen LogP contribution in [0.4, 0.5) is 0 Å². The first-order valence-electron chi connectivity index (χ1n) is 5.34. The standard InChI is InChI=1S/C13H17O3/c1-7(14)5-6-11-10(4)12(15)8(2)9(3)13(11)16/h14H,5-6H2,1-4H3. The number of hydrogen-bond acceptors (Lipinski definition) is 3. The quantitative estimate of drug-likeness (QED) is 0.745. The van der Waals surface area contributed by atoms with Gasteiger partial charge in [0.25, 0.3) is 0 Å². The van der Waals surface area contributed by atoms with Crippen molar-refractivity contribution in [2.24, 2.45) is 0 Å². The van der Waals surface area contributed by atoms with Gasteiger partial charge in [0.2, 0.25) is 0 Å². The van der Waals surface area contributed by atoms with Crippen LogP contribution in [0.5, 0.6) is 0 Å². The molecule has 0 heterocycles. The number of ketones is 2. The lowest BCUT2D eigenvalue weighted by Gasteiger charge is -2.18. The Bertz CT molecular complexity index is 397. The van der Waals surface area contributed by atoms with Gasteiger partial charge in [0.05, 0.1) is 6.10 Å². The average Bonchev–Trinajstić information content (AvgIpc) is 2.23. The van der Waals surface area contributed by atoms with Crippen LogP contribution in [0.15, 0.2) is 22.3 Å². The zero-order valence-corrected chi connectivity index (χ0v) is 10.2. The summed E-state index contributed by atoms with van der Waals surface area (Å²) in [6.07, 6.45) is 1.14. The van der Waals surface area contributed by atoms with E-state index in [0.717, 1.165) is 0 Å². The number of Topliss-reactive ketones (excluding diaryl/α,β-unsaturated/α-hetero) is 2. The molecule has 0 aromatic rings. The highest BCUT2D eigenvalue weighted by atomic mass is 16.3. The zero-order valence-electron chi connectivity index (χ0n) is 10.2. The second-order valence-corrected chi connectivity index (χ2v) is 4.25. The van der Waals surface area contributed by atoms with Gasteiger partial charge < -0.3 is 5.11 Å². The van der Waals surface area contributed by atoms with Crippen molar-refractivity contribution in [1.82, 2.24) is 0 Å². The van der Waals surface area contributed by atoms with Gasteiger partial charge in [-0.15, -0.1) is 0 Å². The maximum atomic E-state index is 11.9. The molecule has 0 saturated carbocycles. The highest BCUT2D eigenvalue weighted by Gasteiger charge is 2.27. The monoisotopic (exact) mass is 221 g/mol. The number of carbonyl (C=O) groups is 2. The molecule has 1 N–H and O–H groups in total. The third-order valence-electron chi connectivity index (χ3n) is 3.05. The summed E-state index contributed by atoms with van der Waals surface area (Å²) >= 11 is 0. The molecule has 1 aliphatic carbocycles. The number of aliphatic hydroxyl groups excluding tert-OH is 1. The molecule has 1 radical (unpaired) electrons. The second-order valence-electron chi connectivity index (χ2n) is 4.25. The van der Waals surface area contributed by atoms with E-state index in [9.17, 15) is 9.59 Å². The summed E-state index contributed by atoms with van der Waals surface area (Å²) in [5.41, 5.74) is 2.13. The zero-order chi connectivity index (χ0) is 12.5. The van der Waals surface area contributed by atoms with Gasteiger partial charge in [-0.2, -0.15) is 0 Å². The summed E-state index contributed by atoms with van der Waals surface area (Å²) in [5, 5.41) is 9.13. The molecule has 0 amide bonds. The Balaban J connectivity index is 3.00. The highest BCUT2D eigenvalue weighted by molar-refractivity contribution is 6.24. The summed E-state index contributed by atoms with van der Waals surface area (Å²) < 4.78 is 0. The number of aliphatic hydroxyl groups is 1. The first kappa shape index (κ1) is 12.8. The van der Waals surface area contributed by atoms with E-state index in [1.165, 1.54) is 0 Å². The Hall–Kier alpha value is -1.22. The molecule has 0 saturated heterocycles. The van der Waals surface area contributed by atoms with Gasteiger partial charge in [0.1, 0.15) is 0 Å². The fraction of sp³-hybridized carbons (Fsp3) is 0.462. The minimum absolute atomic E-state index is 0.0531. The van der Waals surface area contributed by atoms with Gasteiger partial charge in [0, 0.05) is 22.3 Å². The fourth-order valence-corrected chi connectivity index (χ4v) is 1.76. The van der Waals surface area contributed by atoms with Crippen LogP contribution in [0.2, 0.25) is 0 Å². The summed E-state index contributed by atoms with van der Waals surface area (Å²) in [7, 11) is 0. The van der Waals surface area contributed by atoms with Crippen LogP contribution in [0.25, 0.3) is 0 Å². The summed E-state index contributed by atoms with van der Waals surface area (Å²) in [6.45, 7) is 6.63. The summed E-state index contributed by atoms with van der Waals surface area (Å²) in [4.78, 5) is 23.7. The van der Waals surface area contributed by atoms with E-state index in [0.29, 0.717) is 35.1 Å². The Morgan fingerprint density at radius 3 is 2.00 bits per heavy atom. The van der Waals surface area contributed by atoms with Crippen molar-refractivity contribution in [3.63, 3.8) is 0 Å². The molecule has 87 valence electrons. The lowest BCUT2D eigenvalue weighted by Crippen LogP contribution is -2.20. The van der Waals surface area contributed by atoms with Gasteiger partial charge in [0.15, 0.2) is 11.6 Å². The van der Waals surface area contributed by atoms with Crippen LogP contribution < -0.4 is 0 Å². The first-order valence-corrected chi connectivity index (χ1v) is 5.34. The summed E-state index contributed by atoms with van der Waals surface area (Å²) in [6, 6.07) is 0. The smallest absolute Gasteiger partial charge is 0.185 e. The third-order valence-corrected chi connectivity index (χ3v) is 3.05. The molecule has 16 heavy (non-hydrogen) atoms. The lowest BCUT2D eigenvalue weighted by atomic mass is 9.84. The first-order chi connectivity index (χ1) is 7.36. The van der Waals surface area contributed by atoms with Gasteiger partial charge in [-0.3, -0.25) is 9.59 Å². The van der Waals surface area contributed by atoms with E-state index in [-0.39, 0.29) is 17.7 Å². The van der Waals surface area contributed by atoms with Crippen LogP contribution >= 0.6 is 0 Å². The molecule has 1 aliphatic rings. The van der Waals surface area contributed by atoms with Gasteiger partial charge in [-0.05, 0) is 40.5 Å². The molecular weight excluding hydrogens is 204 g/mol. The van der Waals surface area contributed by atoms with E-state index in [2.05, 4.69) is 0 Å². The van der Waals surface area contributed by atoms with Gasteiger partial charge in [-0.25, -0.2) is 0 Å². The maximum Gasteiger partial charge on any atom is 0.185 e. The van der Waals surface area contributed by atoms with Crippen molar-refractivity contribution >= 4 is 11.6 Å². The molecule has 0 fully saturated rings. The minimum Gasteiger partial charge on any atom is -0.387 e. The van der Waals surface area contributed by atoms with Gasteiger partial charge >= 0.3 is 0 Å². The lowest BCUT2D eigenvalue weighted by molar-refractivity contribution is -0.116. The number of rotatable bonds is 3. The van der Waals surface area contributed by atoms with E-state index in [1.807, 2.05) is 0 Å². The molecule has 0 unspecified atom stereocenters. The van der Waals surface area contributed by atoms with Crippen molar-refractivity contribution in [2.45, 2.75) is 40.5 Å². The number of carbonyl (C=O) groups excluding carboxylic acids is 2. The Morgan fingerprint density at radius 2 is 1.50 bits per heavy atom. The van der Waals surface area contributed by atoms with Crippen molar-refractivity contribution in [2.75, 3.05) is 0 Å².